The Morgan fingerprint density at radius 3 is 1.20 bits per heavy atom. The van der Waals surface area contributed by atoms with E-state index in [1.807, 2.05) is 0 Å². The van der Waals surface area contributed by atoms with Crippen molar-refractivity contribution in [3.8, 4) is 0 Å². The van der Waals surface area contributed by atoms with Crippen LogP contribution >= 0.6 is 0 Å². The van der Waals surface area contributed by atoms with E-state index in [-0.39, 0.29) is 19.8 Å². The van der Waals surface area contributed by atoms with Crippen LogP contribution in [0, 0.1) is 5.41 Å². The van der Waals surface area contributed by atoms with Gasteiger partial charge in [-0.3, -0.25) is 9.59 Å². The van der Waals surface area contributed by atoms with Crippen LogP contribution in [-0.4, -0.2) is 68.4 Å². The zero-order valence-corrected chi connectivity index (χ0v) is 11.0. The average molecular weight is 296 g/mol. The minimum atomic E-state index is -1.31. The van der Waals surface area contributed by atoms with Gasteiger partial charge in [-0.25, -0.2) is 4.79 Å². The van der Waals surface area contributed by atoms with Gasteiger partial charge in [-0.2, -0.15) is 0 Å². The van der Waals surface area contributed by atoms with Crippen LogP contribution in [0.4, 0.5) is 0 Å². The number of aliphatic hydroxyl groups excluding tert-OH is 3. The first-order valence-corrected chi connectivity index (χ1v) is 5.20. The Balaban J connectivity index is -0.000000223. The molecule has 0 atom stereocenters. The maximum absolute atomic E-state index is 9.43. The Hall–Kier alpha value is -1.97. The predicted octanol–water partition coefficient (Wildman–Crippen LogP) is -1.23. The van der Waals surface area contributed by atoms with E-state index in [2.05, 4.69) is 6.58 Å². The molecule has 0 saturated heterocycles. The summed E-state index contributed by atoms with van der Waals surface area (Å²) in [4.78, 5) is 28.1. The van der Waals surface area contributed by atoms with E-state index in [0.29, 0.717) is 0 Å². The van der Waals surface area contributed by atoms with Crippen LogP contribution in [-0.2, 0) is 14.4 Å². The number of rotatable bonds is 6. The molecule has 0 aromatic heterocycles. The molecule has 0 aliphatic rings. The lowest BCUT2D eigenvalue weighted by molar-refractivity contribution is -0.147. The number of carbonyl (C=O) groups is 3. The molecule has 118 valence electrons. The molecule has 0 bridgehead atoms. The van der Waals surface area contributed by atoms with Crippen molar-refractivity contribution in [3.63, 3.8) is 0 Å². The van der Waals surface area contributed by atoms with Crippen molar-refractivity contribution >= 4 is 17.9 Å². The van der Waals surface area contributed by atoms with E-state index in [1.54, 1.807) is 6.92 Å². The van der Waals surface area contributed by atoms with Gasteiger partial charge in [0.25, 0.3) is 0 Å². The Bertz CT molecular complexity index is 287. The number of aliphatic carboxylic acids is 3. The maximum atomic E-state index is 9.43. The van der Waals surface area contributed by atoms with Gasteiger partial charge in [0, 0.05) is 11.5 Å². The van der Waals surface area contributed by atoms with Gasteiger partial charge >= 0.3 is 17.9 Å². The third-order valence-corrected chi connectivity index (χ3v) is 1.62. The van der Waals surface area contributed by atoms with Crippen molar-refractivity contribution in [2.45, 2.75) is 13.3 Å². The molecule has 0 amide bonds. The zero-order valence-electron chi connectivity index (χ0n) is 11.0. The quantitative estimate of drug-likeness (QED) is 0.259. The van der Waals surface area contributed by atoms with E-state index >= 15 is 0 Å². The molecule has 0 aliphatic carbocycles. The molecule has 0 aliphatic heterocycles. The molecule has 0 rings (SSSR count). The highest BCUT2D eigenvalue weighted by Gasteiger charge is 2.20. The largest absolute Gasteiger partial charge is 0.481 e. The summed E-state index contributed by atoms with van der Waals surface area (Å²) in [5.41, 5.74) is -0.708. The van der Waals surface area contributed by atoms with E-state index in [9.17, 15) is 14.4 Å². The molecular formula is C11H20O9. The molecule has 0 heterocycles. The second-order valence-corrected chi connectivity index (χ2v) is 3.79. The number of hydrogen-bond donors (Lipinski definition) is 6. The lowest BCUT2D eigenvalue weighted by Crippen LogP contribution is -2.29. The third-order valence-electron chi connectivity index (χ3n) is 1.62. The molecule has 0 radical (unpaired) electrons. The van der Waals surface area contributed by atoms with Crippen molar-refractivity contribution in [1.82, 2.24) is 0 Å². The summed E-state index contributed by atoms with van der Waals surface area (Å²) in [7, 11) is 0. The molecule has 0 unspecified atom stereocenters. The normalized spacial score (nSPS) is 9.20. The lowest BCUT2D eigenvalue weighted by atomic mass is 9.95. The summed E-state index contributed by atoms with van der Waals surface area (Å²) < 4.78 is 0. The SMILES string of the molecule is C=CC(=O)O.CC(CO)(CO)CO.O=C(O)CC(=O)O. The Labute approximate surface area is 115 Å². The molecule has 20 heavy (non-hydrogen) atoms. The van der Waals surface area contributed by atoms with Gasteiger partial charge in [-0.1, -0.05) is 13.5 Å². The summed E-state index contributed by atoms with van der Waals surface area (Å²) in [5, 5.41) is 48.4. The van der Waals surface area contributed by atoms with Crippen molar-refractivity contribution < 1.29 is 45.0 Å². The van der Waals surface area contributed by atoms with Crippen LogP contribution in [0.5, 0.6) is 0 Å². The smallest absolute Gasteiger partial charge is 0.327 e. The Morgan fingerprint density at radius 2 is 1.20 bits per heavy atom. The first kappa shape index (κ1) is 23.1. The fourth-order valence-electron chi connectivity index (χ4n) is 0.279. The second kappa shape index (κ2) is 13.5. The van der Waals surface area contributed by atoms with Crippen LogP contribution in [0.3, 0.4) is 0 Å². The number of hydrogen-bond acceptors (Lipinski definition) is 6. The van der Waals surface area contributed by atoms with Crippen LogP contribution in [0.1, 0.15) is 13.3 Å². The van der Waals surface area contributed by atoms with Gasteiger partial charge in [0.2, 0.25) is 0 Å². The van der Waals surface area contributed by atoms with Gasteiger partial charge in [0.15, 0.2) is 0 Å². The molecule has 0 spiro atoms. The maximum Gasteiger partial charge on any atom is 0.327 e. The van der Waals surface area contributed by atoms with Crippen LogP contribution in [0.2, 0.25) is 0 Å². The number of aliphatic hydroxyl groups is 3. The average Bonchev–Trinajstić information content (AvgIpc) is 2.37. The zero-order chi connectivity index (χ0) is 16.8. The summed E-state index contributed by atoms with van der Waals surface area (Å²) in [5.74, 6) is -3.61. The van der Waals surface area contributed by atoms with Crippen molar-refractivity contribution in [3.05, 3.63) is 12.7 Å². The molecule has 0 aromatic rings. The molecule has 0 saturated carbocycles. The predicted molar refractivity (Wildman–Crippen MR) is 67.1 cm³/mol. The van der Waals surface area contributed by atoms with Gasteiger partial charge in [0.05, 0.1) is 19.8 Å². The minimum Gasteiger partial charge on any atom is -0.481 e. The minimum absolute atomic E-state index is 0.181. The topological polar surface area (TPSA) is 173 Å². The number of carboxylic acid groups (broad SMARTS) is 3. The van der Waals surface area contributed by atoms with E-state index in [0.717, 1.165) is 6.08 Å². The van der Waals surface area contributed by atoms with Gasteiger partial charge in [-0.15, -0.1) is 0 Å². The summed E-state index contributed by atoms with van der Waals surface area (Å²) in [6, 6.07) is 0. The Kier molecular flexibility index (Phi) is 15.6. The second-order valence-electron chi connectivity index (χ2n) is 3.79. The molecule has 6 N–H and O–H groups in total. The third kappa shape index (κ3) is 21.3. The monoisotopic (exact) mass is 296 g/mol. The first-order chi connectivity index (χ1) is 9.08. The molecular weight excluding hydrogens is 276 g/mol. The van der Waals surface area contributed by atoms with Crippen molar-refractivity contribution in [2.24, 2.45) is 5.41 Å². The van der Waals surface area contributed by atoms with E-state index in [1.165, 1.54) is 0 Å². The van der Waals surface area contributed by atoms with E-state index < -0.39 is 29.7 Å². The van der Waals surface area contributed by atoms with Crippen LogP contribution < -0.4 is 0 Å². The summed E-state index contributed by atoms with van der Waals surface area (Å²) >= 11 is 0. The Morgan fingerprint density at radius 1 is 0.950 bits per heavy atom. The standard InChI is InChI=1S/C5H12O3.C3H4O4.C3H4O2/c1-5(2-6,3-7)4-8;4-2(5)1-3(6)7;1-2-3(4)5/h6-8H,2-4H2,1H3;1H2,(H,4,5)(H,6,7);2H,1H2,(H,4,5). The highest BCUT2D eigenvalue weighted by molar-refractivity contribution is 5.88. The lowest BCUT2D eigenvalue weighted by Gasteiger charge is -2.20. The van der Waals surface area contributed by atoms with Crippen molar-refractivity contribution in [1.29, 1.82) is 0 Å². The molecule has 9 nitrogen and oxygen atoms in total. The first-order valence-electron chi connectivity index (χ1n) is 5.20. The van der Waals surface area contributed by atoms with Gasteiger partial charge in [-0.05, 0) is 0 Å². The molecule has 0 aromatic carbocycles. The molecule has 0 fully saturated rings. The van der Waals surface area contributed by atoms with E-state index in [4.69, 9.17) is 30.6 Å². The fraction of sp³-hybridized carbons (Fsp3) is 0.545. The van der Waals surface area contributed by atoms with Crippen LogP contribution in [0.25, 0.3) is 0 Å². The summed E-state index contributed by atoms with van der Waals surface area (Å²) in [6.07, 6.45) is 0.0278. The van der Waals surface area contributed by atoms with Gasteiger partial charge < -0.3 is 30.6 Å². The highest BCUT2D eigenvalue weighted by Crippen LogP contribution is 2.10. The fourth-order valence-corrected chi connectivity index (χ4v) is 0.279. The highest BCUT2D eigenvalue weighted by atomic mass is 16.4. The van der Waals surface area contributed by atoms with Crippen LogP contribution in [0.15, 0.2) is 12.7 Å². The number of carboxylic acids is 3. The van der Waals surface area contributed by atoms with Crippen molar-refractivity contribution in [2.75, 3.05) is 19.8 Å². The molecule has 9 heteroatoms. The summed E-state index contributed by atoms with van der Waals surface area (Å²) in [6.45, 7) is 4.02. The van der Waals surface area contributed by atoms with Gasteiger partial charge in [0.1, 0.15) is 6.42 Å².